The summed E-state index contributed by atoms with van der Waals surface area (Å²) in [6.45, 7) is 3.32. The third-order valence-electron chi connectivity index (χ3n) is 2.77. The van der Waals surface area contributed by atoms with E-state index in [1.54, 1.807) is 7.05 Å². The Balaban J connectivity index is 2.56. The van der Waals surface area contributed by atoms with Crippen molar-refractivity contribution in [1.29, 1.82) is 0 Å². The Morgan fingerprint density at radius 2 is 2.00 bits per heavy atom. The van der Waals surface area contributed by atoms with Crippen LogP contribution in [0, 0.1) is 6.92 Å². The van der Waals surface area contributed by atoms with Gasteiger partial charge in [-0.25, -0.2) is 9.63 Å². The molecule has 0 unspecified atom stereocenters. The Hall–Kier alpha value is -2.08. The highest BCUT2D eigenvalue weighted by molar-refractivity contribution is 5.93. The van der Waals surface area contributed by atoms with Crippen molar-refractivity contribution in [2.45, 2.75) is 6.92 Å². The van der Waals surface area contributed by atoms with Crippen LogP contribution in [0.25, 0.3) is 0 Å². The number of benzene rings is 1. The zero-order valence-electron chi connectivity index (χ0n) is 12.5. The first-order valence-electron chi connectivity index (χ1n) is 6.42. The molecule has 0 saturated heterocycles. The predicted molar refractivity (Wildman–Crippen MR) is 78.1 cm³/mol. The number of carbonyl (C=O) groups is 1. The molecule has 0 aliphatic rings. The maximum Gasteiger partial charge on any atom is 0.454 e. The van der Waals surface area contributed by atoms with Gasteiger partial charge in [-0.15, -0.1) is 0 Å². The van der Waals surface area contributed by atoms with E-state index in [9.17, 15) is 4.79 Å². The molecule has 0 heterocycles. The lowest BCUT2D eigenvalue weighted by atomic mass is 10.1. The van der Waals surface area contributed by atoms with Gasteiger partial charge in [0.05, 0.1) is 5.56 Å². The minimum absolute atomic E-state index is 0.308. The number of aryl methyl sites for hydroxylation is 1. The summed E-state index contributed by atoms with van der Waals surface area (Å²) in [7, 11) is 5.57. The first-order chi connectivity index (χ1) is 9.40. The van der Waals surface area contributed by atoms with Crippen LogP contribution in [0.4, 0.5) is 4.79 Å². The molecule has 3 N–H and O–H groups in total. The summed E-state index contributed by atoms with van der Waals surface area (Å²) in [5.41, 5.74) is 7.71. The fraction of sp³-hybridized carbons (Fsp3) is 0.429. The molecule has 1 aromatic carbocycles. The number of rotatable bonds is 5. The van der Waals surface area contributed by atoms with Crippen molar-refractivity contribution in [2.75, 3.05) is 34.2 Å². The van der Waals surface area contributed by atoms with Crippen LogP contribution in [0.2, 0.25) is 0 Å². The standard InChI is InChI=1S/C14H22N4O2/c1-11-6-5-7-12(10-11)13(15)16-20-14(19)18(4)9-8-17(2)3/h5-7,10H,8-9H2,1-4H3,(H2,15,16)/p+1. The van der Waals surface area contributed by atoms with Gasteiger partial charge >= 0.3 is 11.9 Å². The van der Waals surface area contributed by atoms with Gasteiger partial charge in [0.2, 0.25) is 0 Å². The molecular formula is C14H23N4O2+. The monoisotopic (exact) mass is 279 g/mol. The van der Waals surface area contributed by atoms with Crippen molar-refractivity contribution in [3.8, 4) is 0 Å². The van der Waals surface area contributed by atoms with Crippen LogP contribution in [0.1, 0.15) is 11.1 Å². The molecule has 1 aromatic rings. The second-order valence-corrected chi connectivity index (χ2v) is 4.98. The Labute approximate surface area is 119 Å². The molecule has 1 amide bonds. The summed E-state index contributed by atoms with van der Waals surface area (Å²) >= 11 is 0. The number of nitrogens with one attached hydrogen (secondary N) is 1. The number of likely N-dealkylation sites (N-methyl/N-ethyl adjacent to an activating group) is 2. The molecule has 0 bridgehead atoms. The smallest absolute Gasteiger partial charge is 0.308 e. The van der Waals surface area contributed by atoms with Gasteiger partial charge in [-0.2, -0.15) is 0 Å². The minimum Gasteiger partial charge on any atom is -0.308 e. The van der Waals surface area contributed by atoms with Crippen LogP contribution in [-0.2, 0) is 4.84 Å². The molecule has 6 nitrogen and oxygen atoms in total. The van der Waals surface area contributed by atoms with Crippen molar-refractivity contribution in [3.05, 3.63) is 35.4 Å². The Bertz CT molecular complexity index is 486. The third kappa shape index (κ3) is 5.27. The van der Waals surface area contributed by atoms with Crippen molar-refractivity contribution >= 4 is 11.9 Å². The van der Waals surface area contributed by atoms with E-state index in [0.29, 0.717) is 12.4 Å². The van der Waals surface area contributed by atoms with E-state index >= 15 is 0 Å². The SMILES string of the molecule is Cc1cccc(/C(N)=[NH+]\OC(=O)N(C)CCN(C)C)c1. The molecule has 0 aliphatic carbocycles. The molecule has 20 heavy (non-hydrogen) atoms. The lowest BCUT2D eigenvalue weighted by Crippen LogP contribution is -2.76. The van der Waals surface area contributed by atoms with E-state index in [2.05, 4.69) is 5.16 Å². The molecule has 0 aromatic heterocycles. The van der Waals surface area contributed by atoms with Gasteiger partial charge < -0.3 is 9.80 Å². The van der Waals surface area contributed by atoms with Crippen LogP contribution in [-0.4, -0.2) is 56.0 Å². The Morgan fingerprint density at radius 1 is 1.30 bits per heavy atom. The van der Waals surface area contributed by atoms with E-state index < -0.39 is 6.09 Å². The molecule has 0 aliphatic heterocycles. The van der Waals surface area contributed by atoms with Crippen molar-refractivity contribution in [1.82, 2.24) is 9.80 Å². The van der Waals surface area contributed by atoms with Gasteiger partial charge in [-0.05, 0) is 33.2 Å². The molecule has 0 fully saturated rings. The van der Waals surface area contributed by atoms with E-state index in [0.717, 1.165) is 17.7 Å². The summed E-state index contributed by atoms with van der Waals surface area (Å²) in [5.74, 6) is 0.308. The number of amidine groups is 1. The number of nitrogens with two attached hydrogens (primary N) is 1. The van der Waals surface area contributed by atoms with Crippen molar-refractivity contribution < 1.29 is 14.8 Å². The van der Waals surface area contributed by atoms with E-state index in [-0.39, 0.29) is 0 Å². The maximum atomic E-state index is 11.7. The molecule has 0 spiro atoms. The first-order valence-corrected chi connectivity index (χ1v) is 6.42. The predicted octanol–water partition coefficient (Wildman–Crippen LogP) is -0.674. The molecule has 0 radical (unpaired) electrons. The number of carbonyl (C=O) groups excluding carboxylic acids is 1. The average molecular weight is 279 g/mol. The van der Waals surface area contributed by atoms with Crippen molar-refractivity contribution in [2.24, 2.45) is 5.73 Å². The van der Waals surface area contributed by atoms with E-state index in [1.807, 2.05) is 50.2 Å². The summed E-state index contributed by atoms with van der Waals surface area (Å²) in [4.78, 5) is 20.1. The van der Waals surface area contributed by atoms with E-state index in [1.165, 1.54) is 4.90 Å². The highest BCUT2D eigenvalue weighted by Gasteiger charge is 2.13. The largest absolute Gasteiger partial charge is 0.454 e. The second-order valence-electron chi connectivity index (χ2n) is 4.98. The first kappa shape index (κ1) is 16.0. The zero-order chi connectivity index (χ0) is 15.1. The lowest BCUT2D eigenvalue weighted by molar-refractivity contribution is -0.723. The summed E-state index contributed by atoms with van der Waals surface area (Å²) in [5, 5.41) is 2.48. The topological polar surface area (TPSA) is 72.8 Å². The normalized spacial score (nSPS) is 11.6. The highest BCUT2D eigenvalue weighted by atomic mass is 16.7. The van der Waals surface area contributed by atoms with Crippen LogP contribution in [0.5, 0.6) is 0 Å². The molecule has 6 heteroatoms. The van der Waals surface area contributed by atoms with Gasteiger partial charge in [-0.1, -0.05) is 22.9 Å². The summed E-state index contributed by atoms with van der Waals surface area (Å²) in [6, 6.07) is 7.62. The number of hydrogen-bond acceptors (Lipinski definition) is 3. The van der Waals surface area contributed by atoms with Crippen LogP contribution in [0.3, 0.4) is 0 Å². The van der Waals surface area contributed by atoms with Gasteiger partial charge in [0.25, 0.3) is 0 Å². The van der Waals surface area contributed by atoms with Gasteiger partial charge in [-0.3, -0.25) is 5.73 Å². The molecule has 110 valence electrons. The van der Waals surface area contributed by atoms with Gasteiger partial charge in [0.15, 0.2) is 0 Å². The average Bonchev–Trinajstić information content (AvgIpc) is 2.41. The van der Waals surface area contributed by atoms with Crippen molar-refractivity contribution in [3.63, 3.8) is 0 Å². The zero-order valence-corrected chi connectivity index (χ0v) is 12.5. The Morgan fingerprint density at radius 3 is 2.60 bits per heavy atom. The van der Waals surface area contributed by atoms with E-state index in [4.69, 9.17) is 10.6 Å². The Kier molecular flexibility index (Phi) is 5.99. The number of nitrogens with zero attached hydrogens (tertiary/aromatic N) is 2. The lowest BCUT2D eigenvalue weighted by Gasteiger charge is -2.16. The minimum atomic E-state index is -0.470. The van der Waals surface area contributed by atoms with Gasteiger partial charge in [0.1, 0.15) is 0 Å². The third-order valence-corrected chi connectivity index (χ3v) is 2.77. The molecule has 0 saturated carbocycles. The number of nitrogen functional groups attached to an aromatic ring is 1. The van der Waals surface area contributed by atoms with Gasteiger partial charge in [0, 0.05) is 20.1 Å². The highest BCUT2D eigenvalue weighted by Crippen LogP contribution is 2.01. The van der Waals surface area contributed by atoms with Crippen LogP contribution >= 0.6 is 0 Å². The maximum absolute atomic E-state index is 11.7. The number of amides is 1. The fourth-order valence-electron chi connectivity index (χ4n) is 1.49. The number of hydrogen-bond donors (Lipinski definition) is 2. The van der Waals surface area contributed by atoms with Crippen LogP contribution < -0.4 is 10.9 Å². The molecule has 0 atom stereocenters. The second kappa shape index (κ2) is 7.49. The van der Waals surface area contributed by atoms with Crippen LogP contribution in [0.15, 0.2) is 24.3 Å². The molecular weight excluding hydrogens is 256 g/mol. The fourth-order valence-corrected chi connectivity index (χ4v) is 1.49. The molecule has 1 rings (SSSR count). The summed E-state index contributed by atoms with van der Waals surface area (Å²) in [6.07, 6.45) is -0.470. The summed E-state index contributed by atoms with van der Waals surface area (Å²) < 4.78 is 0. The quantitative estimate of drug-likeness (QED) is 0.324.